The molecule has 28 heavy (non-hydrogen) atoms. The fourth-order valence-electron chi connectivity index (χ4n) is 3.00. The highest BCUT2D eigenvalue weighted by Gasteiger charge is 2.36. The van der Waals surface area contributed by atoms with Crippen LogP contribution in [0, 0.1) is 5.82 Å². The second-order valence-corrected chi connectivity index (χ2v) is 7.50. The Kier molecular flexibility index (Phi) is 4.66. The molecule has 3 aromatic rings. The molecule has 0 radical (unpaired) electrons. The molecule has 12 heteroatoms. The van der Waals surface area contributed by atoms with E-state index in [0.29, 0.717) is 35.3 Å². The summed E-state index contributed by atoms with van der Waals surface area (Å²) < 4.78 is 51.4. The third kappa shape index (κ3) is 3.39. The lowest BCUT2D eigenvalue weighted by atomic mass is 10.2. The number of rotatable bonds is 2. The first-order valence-corrected chi connectivity index (χ1v) is 9.35. The van der Waals surface area contributed by atoms with Crippen LogP contribution in [0.4, 0.5) is 22.7 Å². The molecule has 0 saturated carbocycles. The van der Waals surface area contributed by atoms with E-state index in [-0.39, 0.29) is 34.8 Å². The quantitative estimate of drug-likeness (QED) is 0.624. The van der Waals surface area contributed by atoms with E-state index < -0.39 is 17.0 Å². The minimum absolute atomic E-state index is 0.140. The van der Waals surface area contributed by atoms with Gasteiger partial charge in [0.2, 0.25) is 10.1 Å². The van der Waals surface area contributed by atoms with E-state index >= 15 is 0 Å². The van der Waals surface area contributed by atoms with Gasteiger partial charge in [-0.25, -0.2) is 4.39 Å². The van der Waals surface area contributed by atoms with E-state index in [1.54, 1.807) is 4.90 Å². The van der Waals surface area contributed by atoms with Crippen LogP contribution < -0.4 is 4.90 Å². The number of nitrogens with zero attached hydrogens (tertiary/aromatic N) is 4. The van der Waals surface area contributed by atoms with Crippen molar-refractivity contribution >= 4 is 44.9 Å². The van der Waals surface area contributed by atoms with Crippen LogP contribution >= 0.6 is 22.9 Å². The van der Waals surface area contributed by atoms with Crippen LogP contribution in [0.1, 0.15) is 15.5 Å². The molecule has 0 atom stereocenters. The van der Waals surface area contributed by atoms with Gasteiger partial charge < -0.3 is 14.8 Å². The second kappa shape index (κ2) is 6.89. The Balaban J connectivity index is 1.47. The summed E-state index contributed by atoms with van der Waals surface area (Å²) in [5.41, 5.74) is 0.702. The lowest BCUT2D eigenvalue weighted by Gasteiger charge is -2.34. The Morgan fingerprint density at radius 3 is 2.54 bits per heavy atom. The number of H-pyrrole nitrogens is 1. The summed E-state index contributed by atoms with van der Waals surface area (Å²) in [4.78, 5) is 18.9. The van der Waals surface area contributed by atoms with Gasteiger partial charge in [0.25, 0.3) is 5.91 Å². The minimum atomic E-state index is -4.53. The van der Waals surface area contributed by atoms with Crippen molar-refractivity contribution in [1.82, 2.24) is 20.1 Å². The molecular weight excluding hydrogens is 422 g/mol. The first-order chi connectivity index (χ1) is 13.2. The number of hydrogen-bond acceptors (Lipinski definition) is 5. The minimum Gasteiger partial charge on any atom is -0.349 e. The van der Waals surface area contributed by atoms with Crippen molar-refractivity contribution in [2.75, 3.05) is 31.1 Å². The fraction of sp³-hybridized carbons (Fsp3) is 0.312. The van der Waals surface area contributed by atoms with Crippen molar-refractivity contribution < 1.29 is 22.4 Å². The summed E-state index contributed by atoms with van der Waals surface area (Å²) in [6.45, 7) is 1.18. The molecule has 0 aliphatic carbocycles. The molecule has 1 aromatic carbocycles. The molecule has 1 fully saturated rings. The topological polar surface area (TPSA) is 65.1 Å². The molecule has 3 heterocycles. The van der Waals surface area contributed by atoms with Crippen LogP contribution in [0.15, 0.2) is 18.2 Å². The lowest BCUT2D eigenvalue weighted by Crippen LogP contribution is -2.49. The second-order valence-electron chi connectivity index (χ2n) is 6.17. The number of carbonyl (C=O) groups excluding carboxylic acids is 1. The molecule has 0 bridgehead atoms. The number of fused-ring (bicyclic) bond motifs is 1. The SMILES string of the molecule is O=C(c1[nH]c2ccc(F)cc2c1Cl)N1CCN(c2nnc(C(F)(F)F)s2)CC1. The van der Waals surface area contributed by atoms with Crippen molar-refractivity contribution in [3.63, 3.8) is 0 Å². The van der Waals surface area contributed by atoms with Gasteiger partial charge in [-0.2, -0.15) is 13.2 Å². The summed E-state index contributed by atoms with van der Waals surface area (Å²) in [6.07, 6.45) is -4.53. The van der Waals surface area contributed by atoms with Crippen LogP contribution in [0.5, 0.6) is 0 Å². The molecule has 2 aromatic heterocycles. The molecule has 1 saturated heterocycles. The van der Waals surface area contributed by atoms with Gasteiger partial charge in [-0.15, -0.1) is 10.2 Å². The zero-order valence-corrected chi connectivity index (χ0v) is 15.6. The predicted octanol–water partition coefficient (Wildman–Crippen LogP) is 3.79. The van der Waals surface area contributed by atoms with Crippen LogP contribution in [0.25, 0.3) is 10.9 Å². The van der Waals surface area contributed by atoms with Gasteiger partial charge in [0, 0.05) is 37.1 Å². The van der Waals surface area contributed by atoms with Crippen molar-refractivity contribution in [2.45, 2.75) is 6.18 Å². The van der Waals surface area contributed by atoms with E-state index in [1.165, 1.54) is 23.1 Å². The number of carbonyl (C=O) groups is 1. The summed E-state index contributed by atoms with van der Waals surface area (Å²) in [7, 11) is 0. The molecule has 1 aliphatic heterocycles. The summed E-state index contributed by atoms with van der Waals surface area (Å²) in [5.74, 6) is -0.814. The third-order valence-electron chi connectivity index (χ3n) is 4.41. The van der Waals surface area contributed by atoms with E-state index in [2.05, 4.69) is 15.2 Å². The standard InChI is InChI=1S/C16H12ClF4N5OS/c17-11-9-7-8(18)1-2-10(9)22-12(11)13(27)25-3-5-26(6-4-25)15-24-23-14(28-15)16(19,20)21/h1-2,7,22H,3-6H2. The first kappa shape index (κ1) is 18.9. The highest BCUT2D eigenvalue weighted by atomic mass is 35.5. The van der Waals surface area contributed by atoms with Gasteiger partial charge in [-0.05, 0) is 18.2 Å². The number of hydrogen-bond donors (Lipinski definition) is 1. The largest absolute Gasteiger partial charge is 0.445 e. The number of aromatic nitrogens is 3. The van der Waals surface area contributed by atoms with Gasteiger partial charge in [0.05, 0.1) is 5.02 Å². The molecular formula is C16H12ClF4N5OS. The van der Waals surface area contributed by atoms with Crippen LogP contribution in [0.2, 0.25) is 5.02 Å². The van der Waals surface area contributed by atoms with Crippen LogP contribution in [0.3, 0.4) is 0 Å². The Bertz CT molecular complexity index is 1040. The van der Waals surface area contributed by atoms with Gasteiger partial charge >= 0.3 is 6.18 Å². The number of benzene rings is 1. The highest BCUT2D eigenvalue weighted by molar-refractivity contribution is 7.15. The lowest BCUT2D eigenvalue weighted by molar-refractivity contribution is -0.138. The maximum absolute atomic E-state index is 13.4. The number of aromatic amines is 1. The first-order valence-electron chi connectivity index (χ1n) is 8.15. The van der Waals surface area contributed by atoms with Gasteiger partial charge in [-0.3, -0.25) is 4.79 Å². The van der Waals surface area contributed by atoms with Crippen molar-refractivity contribution in [1.29, 1.82) is 0 Å². The number of anilines is 1. The third-order valence-corrected chi connectivity index (χ3v) is 5.83. The average molecular weight is 434 g/mol. The van der Waals surface area contributed by atoms with Crippen LogP contribution in [-0.4, -0.2) is 52.2 Å². The normalized spacial score (nSPS) is 15.5. The average Bonchev–Trinajstić information content (AvgIpc) is 3.27. The summed E-state index contributed by atoms with van der Waals surface area (Å²) >= 11 is 6.71. The number of halogens is 5. The maximum Gasteiger partial charge on any atom is 0.445 e. The number of amides is 1. The zero-order chi connectivity index (χ0) is 20.1. The Labute approximate surface area is 164 Å². The number of piperazine rings is 1. The summed E-state index contributed by atoms with van der Waals surface area (Å²) in [6, 6.07) is 4.01. The molecule has 1 aliphatic rings. The highest BCUT2D eigenvalue weighted by Crippen LogP contribution is 2.35. The Hall–Kier alpha value is -2.40. The van der Waals surface area contributed by atoms with E-state index in [9.17, 15) is 22.4 Å². The Morgan fingerprint density at radius 1 is 1.18 bits per heavy atom. The number of nitrogens with one attached hydrogen (secondary N) is 1. The van der Waals surface area contributed by atoms with E-state index in [1.807, 2.05) is 0 Å². The monoisotopic (exact) mass is 433 g/mol. The Morgan fingerprint density at radius 2 is 1.89 bits per heavy atom. The molecule has 4 rings (SSSR count). The molecule has 1 N–H and O–H groups in total. The number of alkyl halides is 3. The molecule has 0 spiro atoms. The molecule has 1 amide bonds. The predicted molar refractivity (Wildman–Crippen MR) is 96.3 cm³/mol. The van der Waals surface area contributed by atoms with Crippen molar-refractivity contribution in [3.05, 3.63) is 39.7 Å². The fourth-order valence-corrected chi connectivity index (χ4v) is 4.04. The molecule has 0 unspecified atom stereocenters. The maximum atomic E-state index is 13.4. The van der Waals surface area contributed by atoms with E-state index in [4.69, 9.17) is 11.6 Å². The van der Waals surface area contributed by atoms with Crippen LogP contribution in [-0.2, 0) is 6.18 Å². The molecule has 148 valence electrons. The van der Waals surface area contributed by atoms with Gasteiger partial charge in [0.1, 0.15) is 11.5 Å². The van der Waals surface area contributed by atoms with Crippen molar-refractivity contribution in [2.24, 2.45) is 0 Å². The molecule has 6 nitrogen and oxygen atoms in total. The van der Waals surface area contributed by atoms with E-state index in [0.717, 1.165) is 0 Å². The van der Waals surface area contributed by atoms with Crippen molar-refractivity contribution in [3.8, 4) is 0 Å². The van der Waals surface area contributed by atoms with Gasteiger partial charge in [-0.1, -0.05) is 22.9 Å². The zero-order valence-electron chi connectivity index (χ0n) is 14.1. The summed E-state index contributed by atoms with van der Waals surface area (Å²) in [5, 5.41) is 6.49. The van der Waals surface area contributed by atoms with Gasteiger partial charge in [0.15, 0.2) is 0 Å². The smallest absolute Gasteiger partial charge is 0.349 e.